The number of hydrogen-bond donors (Lipinski definition) is 1. The third kappa shape index (κ3) is 6.50. The maximum atomic E-state index is 10.9. The van der Waals surface area contributed by atoms with Crippen LogP contribution in [0.1, 0.15) is 52.4 Å². The van der Waals surface area contributed by atoms with Gasteiger partial charge in [0.25, 0.3) is 0 Å². The van der Waals surface area contributed by atoms with Crippen molar-refractivity contribution in [3.05, 3.63) is 0 Å². The molecular weight excluding hydrogens is 192 g/mol. The van der Waals surface area contributed by atoms with E-state index < -0.39 is 5.97 Å². The Morgan fingerprint density at radius 2 is 1.87 bits per heavy atom. The van der Waals surface area contributed by atoms with Crippen molar-refractivity contribution in [3.63, 3.8) is 0 Å². The second-order valence-electron chi connectivity index (χ2n) is 4.09. The molecule has 0 aliphatic carbocycles. The van der Waals surface area contributed by atoms with E-state index in [1.807, 2.05) is 6.92 Å². The molecule has 2 atom stereocenters. The lowest BCUT2D eigenvalue weighted by Gasteiger charge is -2.18. The van der Waals surface area contributed by atoms with E-state index in [0.29, 0.717) is 0 Å². The minimum atomic E-state index is -0.736. The number of aliphatic carboxylic acids is 1. The molecule has 0 aliphatic heterocycles. The Morgan fingerprint density at radius 3 is 2.33 bits per heavy atom. The topological polar surface area (TPSA) is 46.5 Å². The van der Waals surface area contributed by atoms with Gasteiger partial charge in [-0.05, 0) is 13.3 Å². The molecule has 0 radical (unpaired) electrons. The molecule has 3 heteroatoms. The number of carbonyl (C=O) groups is 1. The highest BCUT2D eigenvalue weighted by Gasteiger charge is 2.23. The summed E-state index contributed by atoms with van der Waals surface area (Å²) in [5.74, 6) is -1.09. The van der Waals surface area contributed by atoms with Crippen LogP contribution in [-0.4, -0.2) is 24.3 Å². The van der Waals surface area contributed by atoms with Crippen LogP contribution in [0.15, 0.2) is 0 Å². The van der Waals surface area contributed by atoms with Crippen molar-refractivity contribution < 1.29 is 14.6 Å². The van der Waals surface area contributed by atoms with Crippen LogP contribution in [0.5, 0.6) is 0 Å². The van der Waals surface area contributed by atoms with Gasteiger partial charge in [-0.1, -0.05) is 39.0 Å². The summed E-state index contributed by atoms with van der Waals surface area (Å²) in [6.45, 7) is 4.00. The molecule has 0 aromatic heterocycles. The van der Waals surface area contributed by atoms with Crippen molar-refractivity contribution in [3.8, 4) is 0 Å². The van der Waals surface area contributed by atoms with Gasteiger partial charge < -0.3 is 9.84 Å². The number of rotatable bonds is 9. The number of methoxy groups -OCH3 is 1. The molecule has 0 fully saturated rings. The molecule has 0 saturated heterocycles. The van der Waals surface area contributed by atoms with E-state index in [1.165, 1.54) is 19.3 Å². The fourth-order valence-corrected chi connectivity index (χ4v) is 1.69. The van der Waals surface area contributed by atoms with Crippen LogP contribution < -0.4 is 0 Å². The molecule has 1 N–H and O–H groups in total. The van der Waals surface area contributed by atoms with Crippen molar-refractivity contribution >= 4 is 5.97 Å². The molecule has 0 heterocycles. The first kappa shape index (κ1) is 14.4. The number of unbranched alkanes of at least 4 members (excludes halogenated alkanes) is 4. The van der Waals surface area contributed by atoms with Crippen molar-refractivity contribution in [2.75, 3.05) is 7.11 Å². The van der Waals surface area contributed by atoms with Crippen LogP contribution >= 0.6 is 0 Å². The Labute approximate surface area is 92.8 Å². The van der Waals surface area contributed by atoms with E-state index >= 15 is 0 Å². The number of hydrogen-bond acceptors (Lipinski definition) is 2. The zero-order valence-corrected chi connectivity index (χ0v) is 10.2. The van der Waals surface area contributed by atoms with Gasteiger partial charge in [0.15, 0.2) is 0 Å². The highest BCUT2D eigenvalue weighted by atomic mass is 16.5. The summed E-state index contributed by atoms with van der Waals surface area (Å²) < 4.78 is 5.07. The fraction of sp³-hybridized carbons (Fsp3) is 0.917. The van der Waals surface area contributed by atoms with E-state index in [0.717, 1.165) is 19.3 Å². The fourth-order valence-electron chi connectivity index (χ4n) is 1.69. The van der Waals surface area contributed by atoms with Crippen LogP contribution in [0.25, 0.3) is 0 Å². The van der Waals surface area contributed by atoms with E-state index in [-0.39, 0.29) is 12.0 Å². The third-order valence-electron chi connectivity index (χ3n) is 2.87. The summed E-state index contributed by atoms with van der Waals surface area (Å²) in [6, 6.07) is 0. The average Bonchev–Trinajstić information content (AvgIpc) is 2.22. The van der Waals surface area contributed by atoms with E-state index in [9.17, 15) is 4.79 Å². The Morgan fingerprint density at radius 1 is 1.27 bits per heavy atom. The van der Waals surface area contributed by atoms with Crippen LogP contribution in [0.3, 0.4) is 0 Å². The van der Waals surface area contributed by atoms with Gasteiger partial charge in [0, 0.05) is 7.11 Å². The van der Waals surface area contributed by atoms with Gasteiger partial charge in [0.2, 0.25) is 0 Å². The zero-order valence-electron chi connectivity index (χ0n) is 10.2. The molecule has 0 spiro atoms. The minimum Gasteiger partial charge on any atom is -0.481 e. The summed E-state index contributed by atoms with van der Waals surface area (Å²) in [4.78, 5) is 10.9. The Balaban J connectivity index is 3.72. The van der Waals surface area contributed by atoms with Crippen molar-refractivity contribution in [1.82, 2.24) is 0 Å². The van der Waals surface area contributed by atoms with Gasteiger partial charge in [-0.2, -0.15) is 0 Å². The zero-order chi connectivity index (χ0) is 11.7. The molecule has 90 valence electrons. The molecule has 0 amide bonds. The number of carboxylic acid groups (broad SMARTS) is 1. The lowest BCUT2D eigenvalue weighted by Crippen LogP contribution is -2.27. The van der Waals surface area contributed by atoms with Gasteiger partial charge in [-0.25, -0.2) is 0 Å². The summed E-state index contributed by atoms with van der Waals surface area (Å²) in [5, 5.41) is 9.00. The normalized spacial score (nSPS) is 14.9. The summed E-state index contributed by atoms with van der Waals surface area (Å²) in [6.07, 6.45) is 6.35. The third-order valence-corrected chi connectivity index (χ3v) is 2.87. The second-order valence-corrected chi connectivity index (χ2v) is 4.09. The predicted molar refractivity (Wildman–Crippen MR) is 61.0 cm³/mol. The Hall–Kier alpha value is -0.570. The highest BCUT2D eigenvalue weighted by Crippen LogP contribution is 2.17. The van der Waals surface area contributed by atoms with Crippen LogP contribution in [0, 0.1) is 5.92 Å². The number of ether oxygens (including phenoxy) is 1. The number of carboxylic acids is 1. The quantitative estimate of drug-likeness (QED) is 0.602. The molecule has 0 aromatic rings. The summed E-state index contributed by atoms with van der Waals surface area (Å²) in [5.41, 5.74) is 0. The molecule has 0 saturated carbocycles. The molecule has 0 rings (SSSR count). The predicted octanol–water partition coefficient (Wildman–Crippen LogP) is 3.08. The van der Waals surface area contributed by atoms with Crippen molar-refractivity contribution in [2.24, 2.45) is 5.92 Å². The van der Waals surface area contributed by atoms with E-state index in [1.54, 1.807) is 7.11 Å². The van der Waals surface area contributed by atoms with E-state index in [2.05, 4.69) is 6.92 Å². The first-order valence-corrected chi connectivity index (χ1v) is 5.89. The van der Waals surface area contributed by atoms with Crippen LogP contribution in [0.2, 0.25) is 0 Å². The molecular formula is C12H24O3. The lowest BCUT2D eigenvalue weighted by atomic mass is 9.96. The van der Waals surface area contributed by atoms with Gasteiger partial charge in [-0.15, -0.1) is 0 Å². The standard InChI is InChI=1S/C12H24O3/c1-4-5-6-7-8-9-11(12(13)14)10(2)15-3/h10-11H,4-9H2,1-3H3,(H,13,14). The lowest BCUT2D eigenvalue weighted by molar-refractivity contribution is -0.146. The molecule has 0 aromatic carbocycles. The van der Waals surface area contributed by atoms with Gasteiger partial charge in [0.1, 0.15) is 0 Å². The maximum absolute atomic E-state index is 10.9. The Kier molecular flexibility index (Phi) is 8.38. The highest BCUT2D eigenvalue weighted by molar-refractivity contribution is 5.70. The van der Waals surface area contributed by atoms with Gasteiger partial charge in [0.05, 0.1) is 12.0 Å². The van der Waals surface area contributed by atoms with Crippen molar-refractivity contribution in [1.29, 1.82) is 0 Å². The smallest absolute Gasteiger partial charge is 0.309 e. The first-order chi connectivity index (χ1) is 7.13. The van der Waals surface area contributed by atoms with Gasteiger partial charge >= 0.3 is 5.97 Å². The molecule has 2 unspecified atom stereocenters. The minimum absolute atomic E-state index is 0.186. The second kappa shape index (κ2) is 8.72. The largest absolute Gasteiger partial charge is 0.481 e. The summed E-state index contributed by atoms with van der Waals surface area (Å²) in [7, 11) is 1.57. The SMILES string of the molecule is CCCCCCCC(C(=O)O)C(C)OC. The maximum Gasteiger partial charge on any atom is 0.309 e. The van der Waals surface area contributed by atoms with Gasteiger partial charge in [-0.3, -0.25) is 4.79 Å². The van der Waals surface area contributed by atoms with E-state index in [4.69, 9.17) is 9.84 Å². The molecule has 15 heavy (non-hydrogen) atoms. The summed E-state index contributed by atoms with van der Waals surface area (Å²) >= 11 is 0. The molecule has 3 nitrogen and oxygen atoms in total. The monoisotopic (exact) mass is 216 g/mol. The van der Waals surface area contributed by atoms with Crippen molar-refractivity contribution in [2.45, 2.75) is 58.5 Å². The van der Waals surface area contributed by atoms with Crippen LogP contribution in [0.4, 0.5) is 0 Å². The molecule has 0 aliphatic rings. The first-order valence-electron chi connectivity index (χ1n) is 5.89. The average molecular weight is 216 g/mol. The molecule has 0 bridgehead atoms. The Bertz CT molecular complexity index is 168. The van der Waals surface area contributed by atoms with Crippen LogP contribution in [-0.2, 0) is 9.53 Å².